The van der Waals surface area contributed by atoms with Crippen LogP contribution in [0.1, 0.15) is 21.7 Å². The number of anilines is 1. The van der Waals surface area contributed by atoms with Crippen LogP contribution in [-0.2, 0) is 6.42 Å². The molecule has 2 aromatic carbocycles. The van der Waals surface area contributed by atoms with Gasteiger partial charge in [0.25, 0.3) is 0 Å². The van der Waals surface area contributed by atoms with Crippen LogP contribution in [0, 0.1) is 13.8 Å². The van der Waals surface area contributed by atoms with Gasteiger partial charge in [0.2, 0.25) is 0 Å². The van der Waals surface area contributed by atoms with Gasteiger partial charge < -0.3 is 5.73 Å². The first kappa shape index (κ1) is 13.8. The van der Waals surface area contributed by atoms with Crippen molar-refractivity contribution in [1.82, 2.24) is 4.98 Å². The standard InChI is InChI=1S/C18H18N2S/c1-12-3-6-15(9-13(12)2)17-11-21-18(20-17)10-14-4-7-16(19)8-5-14/h3-9,11H,10,19H2,1-2H3. The molecule has 3 aromatic rings. The van der Waals surface area contributed by atoms with Gasteiger partial charge in [0.05, 0.1) is 10.7 Å². The molecule has 1 aromatic heterocycles. The topological polar surface area (TPSA) is 38.9 Å². The molecule has 0 aliphatic carbocycles. The molecule has 0 aliphatic heterocycles. The van der Waals surface area contributed by atoms with Gasteiger partial charge in [0.1, 0.15) is 0 Å². The van der Waals surface area contributed by atoms with Crippen molar-refractivity contribution in [2.75, 3.05) is 5.73 Å². The normalized spacial score (nSPS) is 10.8. The highest BCUT2D eigenvalue weighted by atomic mass is 32.1. The Morgan fingerprint density at radius 3 is 2.48 bits per heavy atom. The van der Waals surface area contributed by atoms with Crippen LogP contribution >= 0.6 is 11.3 Å². The molecule has 0 radical (unpaired) electrons. The number of nitrogens with zero attached hydrogens (tertiary/aromatic N) is 1. The first-order valence-corrected chi connectivity index (χ1v) is 7.86. The predicted molar refractivity (Wildman–Crippen MR) is 90.7 cm³/mol. The molecule has 106 valence electrons. The van der Waals surface area contributed by atoms with Crippen LogP contribution in [0.25, 0.3) is 11.3 Å². The summed E-state index contributed by atoms with van der Waals surface area (Å²) in [7, 11) is 0. The van der Waals surface area contributed by atoms with E-state index in [0.717, 1.165) is 22.8 Å². The second kappa shape index (κ2) is 5.70. The van der Waals surface area contributed by atoms with E-state index in [0.29, 0.717) is 0 Å². The molecule has 0 amide bonds. The quantitative estimate of drug-likeness (QED) is 0.717. The zero-order valence-electron chi connectivity index (χ0n) is 12.3. The molecule has 21 heavy (non-hydrogen) atoms. The number of nitrogen functional groups attached to an aromatic ring is 1. The number of hydrogen-bond acceptors (Lipinski definition) is 3. The molecule has 1 heterocycles. The molecule has 3 rings (SSSR count). The molecule has 2 nitrogen and oxygen atoms in total. The van der Waals surface area contributed by atoms with Crippen molar-refractivity contribution in [2.24, 2.45) is 0 Å². The van der Waals surface area contributed by atoms with E-state index in [4.69, 9.17) is 10.7 Å². The van der Waals surface area contributed by atoms with Crippen molar-refractivity contribution >= 4 is 17.0 Å². The predicted octanol–water partition coefficient (Wildman–Crippen LogP) is 4.60. The summed E-state index contributed by atoms with van der Waals surface area (Å²) >= 11 is 1.71. The maximum atomic E-state index is 5.71. The second-order valence-corrected chi connectivity index (χ2v) is 6.29. The van der Waals surface area contributed by atoms with E-state index in [2.05, 4.69) is 49.6 Å². The van der Waals surface area contributed by atoms with Crippen molar-refractivity contribution in [3.05, 3.63) is 69.5 Å². The lowest BCUT2D eigenvalue weighted by atomic mass is 10.1. The van der Waals surface area contributed by atoms with Gasteiger partial charge in [-0.3, -0.25) is 0 Å². The van der Waals surface area contributed by atoms with Crippen LogP contribution in [0.4, 0.5) is 5.69 Å². The molecule has 0 aliphatic rings. The van der Waals surface area contributed by atoms with Gasteiger partial charge in [-0.1, -0.05) is 24.3 Å². The van der Waals surface area contributed by atoms with E-state index in [1.54, 1.807) is 11.3 Å². The molecule has 0 unspecified atom stereocenters. The Balaban J connectivity index is 1.82. The Morgan fingerprint density at radius 2 is 1.76 bits per heavy atom. The van der Waals surface area contributed by atoms with Crippen molar-refractivity contribution < 1.29 is 0 Å². The monoisotopic (exact) mass is 294 g/mol. The molecule has 2 N–H and O–H groups in total. The SMILES string of the molecule is Cc1ccc(-c2csc(Cc3ccc(N)cc3)n2)cc1C. The minimum absolute atomic E-state index is 0.800. The lowest BCUT2D eigenvalue weighted by molar-refractivity contribution is 1.14. The van der Waals surface area contributed by atoms with E-state index in [1.807, 2.05) is 12.1 Å². The van der Waals surface area contributed by atoms with Crippen LogP contribution in [0.15, 0.2) is 47.8 Å². The van der Waals surface area contributed by atoms with Crippen molar-refractivity contribution in [3.63, 3.8) is 0 Å². The van der Waals surface area contributed by atoms with E-state index in [1.165, 1.54) is 22.3 Å². The van der Waals surface area contributed by atoms with E-state index >= 15 is 0 Å². The average Bonchev–Trinajstić information content (AvgIpc) is 2.93. The number of rotatable bonds is 3. The molecular formula is C18H18N2S. The first-order chi connectivity index (χ1) is 10.1. The Hall–Kier alpha value is -2.13. The largest absolute Gasteiger partial charge is 0.399 e. The number of hydrogen-bond donors (Lipinski definition) is 1. The second-order valence-electron chi connectivity index (χ2n) is 5.34. The highest BCUT2D eigenvalue weighted by molar-refractivity contribution is 7.10. The van der Waals surface area contributed by atoms with Crippen LogP contribution in [0.5, 0.6) is 0 Å². The summed E-state index contributed by atoms with van der Waals surface area (Å²) in [5.74, 6) is 0. The van der Waals surface area contributed by atoms with Gasteiger partial charge in [0, 0.05) is 23.1 Å². The van der Waals surface area contributed by atoms with Crippen LogP contribution in [0.3, 0.4) is 0 Å². The third kappa shape index (κ3) is 3.14. The molecule has 0 saturated heterocycles. The maximum absolute atomic E-state index is 5.71. The first-order valence-electron chi connectivity index (χ1n) is 6.98. The van der Waals surface area contributed by atoms with E-state index in [9.17, 15) is 0 Å². The summed E-state index contributed by atoms with van der Waals surface area (Å²) in [5.41, 5.74) is 12.6. The lowest BCUT2D eigenvalue weighted by Crippen LogP contribution is -1.90. The Kier molecular flexibility index (Phi) is 3.76. The summed E-state index contributed by atoms with van der Waals surface area (Å²) in [6.45, 7) is 4.27. The van der Waals surface area contributed by atoms with Gasteiger partial charge >= 0.3 is 0 Å². The van der Waals surface area contributed by atoms with E-state index in [-0.39, 0.29) is 0 Å². The van der Waals surface area contributed by atoms with Crippen LogP contribution in [0.2, 0.25) is 0 Å². The zero-order valence-corrected chi connectivity index (χ0v) is 13.1. The summed E-state index contributed by atoms with van der Waals surface area (Å²) in [5, 5.41) is 3.27. The van der Waals surface area contributed by atoms with E-state index < -0.39 is 0 Å². The Morgan fingerprint density at radius 1 is 1.00 bits per heavy atom. The maximum Gasteiger partial charge on any atom is 0.0976 e. The zero-order chi connectivity index (χ0) is 14.8. The Labute approximate surface area is 129 Å². The van der Waals surface area contributed by atoms with Crippen molar-refractivity contribution in [1.29, 1.82) is 0 Å². The fourth-order valence-corrected chi connectivity index (χ4v) is 3.07. The third-order valence-corrected chi connectivity index (χ3v) is 4.54. The Bertz CT molecular complexity index is 757. The van der Waals surface area contributed by atoms with Crippen LogP contribution in [-0.4, -0.2) is 4.98 Å². The van der Waals surface area contributed by atoms with Crippen molar-refractivity contribution in [3.8, 4) is 11.3 Å². The summed E-state index contributed by atoms with van der Waals surface area (Å²) in [6.07, 6.45) is 0.857. The molecule has 0 spiro atoms. The van der Waals surface area contributed by atoms with Crippen LogP contribution < -0.4 is 5.73 Å². The lowest BCUT2D eigenvalue weighted by Gasteiger charge is -2.02. The molecule has 0 atom stereocenters. The van der Waals surface area contributed by atoms with Gasteiger partial charge in [0.15, 0.2) is 0 Å². The molecule has 0 fully saturated rings. The summed E-state index contributed by atoms with van der Waals surface area (Å²) in [4.78, 5) is 4.76. The number of aromatic nitrogens is 1. The highest BCUT2D eigenvalue weighted by Gasteiger charge is 2.06. The minimum Gasteiger partial charge on any atom is -0.399 e. The summed E-state index contributed by atoms with van der Waals surface area (Å²) in [6, 6.07) is 14.5. The summed E-state index contributed by atoms with van der Waals surface area (Å²) < 4.78 is 0. The smallest absolute Gasteiger partial charge is 0.0976 e. The fourth-order valence-electron chi connectivity index (χ4n) is 2.24. The minimum atomic E-state index is 0.800. The third-order valence-electron chi connectivity index (χ3n) is 3.69. The molecular weight excluding hydrogens is 276 g/mol. The van der Waals surface area contributed by atoms with Gasteiger partial charge in [-0.25, -0.2) is 4.98 Å². The van der Waals surface area contributed by atoms with Crippen molar-refractivity contribution in [2.45, 2.75) is 20.3 Å². The number of nitrogens with two attached hydrogens (primary N) is 1. The number of aryl methyl sites for hydroxylation is 2. The highest BCUT2D eigenvalue weighted by Crippen LogP contribution is 2.25. The fraction of sp³-hybridized carbons (Fsp3) is 0.167. The van der Waals surface area contributed by atoms with Gasteiger partial charge in [-0.05, 0) is 48.7 Å². The molecule has 3 heteroatoms. The van der Waals surface area contributed by atoms with Gasteiger partial charge in [-0.15, -0.1) is 11.3 Å². The molecule has 0 bridgehead atoms. The number of thiazole rings is 1. The average molecular weight is 294 g/mol. The molecule has 0 saturated carbocycles. The number of benzene rings is 2. The van der Waals surface area contributed by atoms with Gasteiger partial charge in [-0.2, -0.15) is 0 Å².